The highest BCUT2D eigenvalue weighted by Crippen LogP contribution is 2.34. The van der Waals surface area contributed by atoms with E-state index in [1.165, 1.54) is 18.5 Å². The van der Waals surface area contributed by atoms with Crippen LogP contribution in [0, 0.1) is 10.1 Å². The zero-order valence-electron chi connectivity index (χ0n) is 7.38. The molecule has 0 unspecified atom stereocenters. The number of furan rings is 1. The second-order valence-electron chi connectivity index (χ2n) is 2.73. The van der Waals surface area contributed by atoms with Gasteiger partial charge >= 0.3 is 5.69 Å². The maximum atomic E-state index is 10.8. The van der Waals surface area contributed by atoms with Crippen molar-refractivity contribution in [2.45, 2.75) is 0 Å². The fourth-order valence-electron chi connectivity index (χ4n) is 1.23. The number of hydrogen-bond donors (Lipinski definition) is 0. The van der Waals surface area contributed by atoms with Crippen LogP contribution in [-0.2, 0) is 0 Å². The Morgan fingerprint density at radius 1 is 1.47 bits per heavy atom. The van der Waals surface area contributed by atoms with Crippen LogP contribution in [0.3, 0.4) is 0 Å². The van der Waals surface area contributed by atoms with Crippen LogP contribution in [0.5, 0.6) is 0 Å². The van der Waals surface area contributed by atoms with E-state index in [9.17, 15) is 10.1 Å². The Labute approximate surface area is 89.5 Å². The van der Waals surface area contributed by atoms with Gasteiger partial charge in [-0.2, -0.15) is 0 Å². The van der Waals surface area contributed by atoms with Crippen molar-refractivity contribution in [3.8, 4) is 11.3 Å². The van der Waals surface area contributed by atoms with Crippen molar-refractivity contribution in [1.82, 2.24) is 4.98 Å². The Morgan fingerprint density at radius 3 is 2.87 bits per heavy atom. The first-order chi connectivity index (χ1) is 7.20. The highest BCUT2D eigenvalue weighted by Gasteiger charge is 2.22. The van der Waals surface area contributed by atoms with Crippen LogP contribution < -0.4 is 0 Å². The Morgan fingerprint density at radius 2 is 2.27 bits per heavy atom. The average Bonchev–Trinajstić information content (AvgIpc) is 2.69. The molecule has 0 saturated carbocycles. The highest BCUT2D eigenvalue weighted by molar-refractivity contribution is 6.32. The zero-order valence-corrected chi connectivity index (χ0v) is 8.14. The summed E-state index contributed by atoms with van der Waals surface area (Å²) >= 11 is 5.65. The summed E-state index contributed by atoms with van der Waals surface area (Å²) in [6, 6.07) is 4.76. The summed E-state index contributed by atoms with van der Waals surface area (Å²) in [5.74, 6) is 0.394. The molecule has 2 aromatic rings. The normalized spacial score (nSPS) is 10.2. The lowest BCUT2D eigenvalue weighted by atomic mass is 10.2. The van der Waals surface area contributed by atoms with Crippen molar-refractivity contribution in [1.29, 1.82) is 0 Å². The summed E-state index contributed by atoms with van der Waals surface area (Å²) < 4.78 is 5.07. The van der Waals surface area contributed by atoms with Crippen molar-refractivity contribution in [3.05, 3.63) is 45.9 Å². The molecule has 0 bridgehead atoms. The molecule has 0 saturated heterocycles. The van der Waals surface area contributed by atoms with Crippen LogP contribution in [-0.4, -0.2) is 9.91 Å². The summed E-state index contributed by atoms with van der Waals surface area (Å²) in [5, 5.41) is 10.6. The maximum absolute atomic E-state index is 10.8. The predicted octanol–water partition coefficient (Wildman–Crippen LogP) is 2.90. The van der Waals surface area contributed by atoms with Gasteiger partial charge in [-0.25, -0.2) is 4.98 Å². The molecule has 2 heterocycles. The molecule has 0 spiro atoms. The van der Waals surface area contributed by atoms with Gasteiger partial charge in [0.15, 0.2) is 0 Å². The van der Waals surface area contributed by atoms with Crippen molar-refractivity contribution in [2.75, 3.05) is 0 Å². The molecule has 0 aliphatic carbocycles. The minimum absolute atomic E-state index is 0.145. The molecule has 0 radical (unpaired) electrons. The first kappa shape index (κ1) is 9.67. The molecule has 0 atom stereocenters. The first-order valence-corrected chi connectivity index (χ1v) is 4.40. The van der Waals surface area contributed by atoms with Gasteiger partial charge in [-0.1, -0.05) is 11.6 Å². The van der Waals surface area contributed by atoms with E-state index < -0.39 is 4.92 Å². The largest absolute Gasteiger partial charge is 0.464 e. The molecule has 0 aliphatic rings. The molecule has 0 fully saturated rings. The number of aromatic nitrogens is 1. The van der Waals surface area contributed by atoms with Crippen molar-refractivity contribution in [2.24, 2.45) is 0 Å². The first-order valence-electron chi connectivity index (χ1n) is 4.03. The fourth-order valence-corrected chi connectivity index (χ4v) is 1.46. The van der Waals surface area contributed by atoms with E-state index >= 15 is 0 Å². The minimum atomic E-state index is -0.576. The molecular formula is C9H5ClN2O3. The van der Waals surface area contributed by atoms with Gasteiger partial charge in [0, 0.05) is 6.20 Å². The van der Waals surface area contributed by atoms with Crippen LogP contribution >= 0.6 is 11.6 Å². The molecule has 76 valence electrons. The van der Waals surface area contributed by atoms with E-state index in [-0.39, 0.29) is 10.8 Å². The Bertz CT molecular complexity index is 496. The summed E-state index contributed by atoms with van der Waals surface area (Å²) in [6.45, 7) is 0. The van der Waals surface area contributed by atoms with Crippen LogP contribution in [0.1, 0.15) is 0 Å². The van der Waals surface area contributed by atoms with Gasteiger partial charge < -0.3 is 4.42 Å². The Kier molecular flexibility index (Phi) is 2.39. The van der Waals surface area contributed by atoms with E-state index in [1.54, 1.807) is 12.1 Å². The summed E-state index contributed by atoms with van der Waals surface area (Å²) in [4.78, 5) is 13.9. The smallest absolute Gasteiger partial charge is 0.317 e. The van der Waals surface area contributed by atoms with E-state index in [0.29, 0.717) is 11.3 Å². The lowest BCUT2D eigenvalue weighted by Gasteiger charge is -1.99. The SMILES string of the molecule is O=[N+]([O-])c1c(-c2ccco2)ccnc1Cl. The fraction of sp³-hybridized carbons (Fsp3) is 0. The number of pyridine rings is 1. The maximum Gasteiger partial charge on any atom is 0.317 e. The lowest BCUT2D eigenvalue weighted by molar-refractivity contribution is -0.384. The zero-order chi connectivity index (χ0) is 10.8. The number of rotatable bonds is 2. The molecule has 0 amide bonds. The second kappa shape index (κ2) is 3.70. The van der Waals surface area contributed by atoms with Crippen molar-refractivity contribution < 1.29 is 9.34 Å². The summed E-state index contributed by atoms with van der Waals surface area (Å²) in [7, 11) is 0. The van der Waals surface area contributed by atoms with E-state index in [4.69, 9.17) is 16.0 Å². The van der Waals surface area contributed by atoms with Gasteiger partial charge in [-0.15, -0.1) is 0 Å². The van der Waals surface area contributed by atoms with Crippen molar-refractivity contribution in [3.63, 3.8) is 0 Å². The molecule has 2 rings (SSSR count). The molecule has 0 N–H and O–H groups in total. The molecular weight excluding hydrogens is 220 g/mol. The van der Waals surface area contributed by atoms with Gasteiger partial charge in [0.25, 0.3) is 0 Å². The molecule has 0 aromatic carbocycles. The molecule has 5 nitrogen and oxygen atoms in total. The number of nitro groups is 1. The van der Waals surface area contributed by atoms with Crippen molar-refractivity contribution >= 4 is 17.3 Å². The predicted molar refractivity (Wildman–Crippen MR) is 53.6 cm³/mol. The molecule has 0 aliphatic heterocycles. The van der Waals surface area contributed by atoms with Gasteiger partial charge in [-0.3, -0.25) is 10.1 Å². The van der Waals surface area contributed by atoms with Crippen LogP contribution in [0.25, 0.3) is 11.3 Å². The van der Waals surface area contributed by atoms with Crippen LogP contribution in [0.2, 0.25) is 5.15 Å². The number of halogens is 1. The third-order valence-corrected chi connectivity index (χ3v) is 2.13. The topological polar surface area (TPSA) is 69.2 Å². The number of hydrogen-bond acceptors (Lipinski definition) is 4. The lowest BCUT2D eigenvalue weighted by Crippen LogP contribution is -1.94. The van der Waals surface area contributed by atoms with Gasteiger partial charge in [0.2, 0.25) is 5.15 Å². The summed E-state index contributed by atoms with van der Waals surface area (Å²) in [6.07, 6.45) is 2.83. The molecule has 15 heavy (non-hydrogen) atoms. The molecule has 2 aromatic heterocycles. The second-order valence-corrected chi connectivity index (χ2v) is 3.09. The molecule has 6 heteroatoms. The van der Waals surface area contributed by atoms with E-state index in [1.807, 2.05) is 0 Å². The number of nitrogens with zero attached hydrogens (tertiary/aromatic N) is 2. The minimum Gasteiger partial charge on any atom is -0.464 e. The highest BCUT2D eigenvalue weighted by atomic mass is 35.5. The van der Waals surface area contributed by atoms with E-state index in [2.05, 4.69) is 4.98 Å². The van der Waals surface area contributed by atoms with Gasteiger partial charge in [0.1, 0.15) is 5.76 Å². The average molecular weight is 225 g/mol. The monoisotopic (exact) mass is 224 g/mol. The third kappa shape index (κ3) is 1.69. The quantitative estimate of drug-likeness (QED) is 0.447. The summed E-state index contributed by atoms with van der Waals surface area (Å²) in [5.41, 5.74) is 0.0825. The van der Waals surface area contributed by atoms with E-state index in [0.717, 1.165) is 0 Å². The Hall–Kier alpha value is -1.88. The third-order valence-electron chi connectivity index (χ3n) is 1.85. The van der Waals surface area contributed by atoms with Crippen LogP contribution in [0.15, 0.2) is 35.1 Å². The van der Waals surface area contributed by atoms with Crippen LogP contribution in [0.4, 0.5) is 5.69 Å². The Balaban J connectivity index is 2.66. The standard InChI is InChI=1S/C9H5ClN2O3/c10-9-8(12(13)14)6(3-4-11-9)7-2-1-5-15-7/h1-5H. The van der Waals surface area contributed by atoms with Gasteiger partial charge in [0.05, 0.1) is 16.7 Å². The van der Waals surface area contributed by atoms with Gasteiger partial charge in [-0.05, 0) is 18.2 Å².